The number of carbonyl (C=O) groups is 1. The quantitative estimate of drug-likeness (QED) is 0.538. The molecule has 2 rings (SSSR count). The molecule has 0 saturated carbocycles. The fourth-order valence-electron chi connectivity index (χ4n) is 2.62. The minimum Gasteiger partial charge on any atom is -0.493 e. The zero-order valence-corrected chi connectivity index (χ0v) is 19.0. The van der Waals surface area contributed by atoms with Gasteiger partial charge in [-0.2, -0.15) is 13.1 Å². The van der Waals surface area contributed by atoms with E-state index in [9.17, 15) is 22.0 Å². The standard InChI is InChI=1S/C22H26F2N2O5S/c1-15(2)26(3)32(28,29)18-9-5-17(6-10-18)14-25-21(27)12-8-16-7-11-19(31-22(23)24)20(13-16)30-4/h5-13,15,22H,14H2,1-4H3,(H,25,27)/b12-8+. The van der Waals surface area contributed by atoms with Crippen LogP contribution >= 0.6 is 0 Å². The predicted octanol–water partition coefficient (Wildman–Crippen LogP) is 3.66. The van der Waals surface area contributed by atoms with E-state index in [-0.39, 0.29) is 34.9 Å². The number of carbonyl (C=O) groups excluding carboxylic acids is 1. The first-order valence-corrected chi connectivity index (χ1v) is 11.1. The third-order valence-electron chi connectivity index (χ3n) is 4.63. The van der Waals surface area contributed by atoms with Crippen LogP contribution in [0.25, 0.3) is 6.08 Å². The number of methoxy groups -OCH3 is 1. The Labute approximate surface area is 186 Å². The molecule has 0 unspecified atom stereocenters. The van der Waals surface area contributed by atoms with Crippen LogP contribution < -0.4 is 14.8 Å². The molecule has 0 aliphatic heterocycles. The first-order valence-electron chi connectivity index (χ1n) is 9.70. The molecule has 2 aromatic rings. The lowest BCUT2D eigenvalue weighted by Gasteiger charge is -2.21. The van der Waals surface area contributed by atoms with Crippen LogP contribution in [-0.4, -0.2) is 45.4 Å². The van der Waals surface area contributed by atoms with Crippen molar-refractivity contribution in [2.45, 2.75) is 37.9 Å². The van der Waals surface area contributed by atoms with Gasteiger partial charge in [0.15, 0.2) is 11.5 Å². The number of nitrogens with one attached hydrogen (secondary N) is 1. The molecule has 0 atom stereocenters. The number of benzene rings is 2. The van der Waals surface area contributed by atoms with E-state index in [4.69, 9.17) is 4.74 Å². The SMILES string of the molecule is COc1cc(/C=C/C(=O)NCc2ccc(S(=O)(=O)N(C)C(C)C)cc2)ccc1OC(F)F. The molecule has 0 spiro atoms. The lowest BCUT2D eigenvalue weighted by atomic mass is 10.2. The van der Waals surface area contributed by atoms with Crippen LogP contribution in [0.15, 0.2) is 53.4 Å². The number of alkyl halides is 2. The Hall–Kier alpha value is -2.98. The second-order valence-electron chi connectivity index (χ2n) is 7.10. The van der Waals surface area contributed by atoms with E-state index in [1.54, 1.807) is 26.0 Å². The van der Waals surface area contributed by atoms with Crippen LogP contribution in [0, 0.1) is 0 Å². The molecule has 174 valence electrons. The summed E-state index contributed by atoms with van der Waals surface area (Å²) >= 11 is 0. The van der Waals surface area contributed by atoms with E-state index in [0.29, 0.717) is 5.56 Å². The smallest absolute Gasteiger partial charge is 0.387 e. The molecule has 32 heavy (non-hydrogen) atoms. The van der Waals surface area contributed by atoms with Crippen molar-refractivity contribution in [3.05, 3.63) is 59.7 Å². The molecule has 1 amide bonds. The normalized spacial score (nSPS) is 12.0. The third kappa shape index (κ3) is 6.76. The lowest BCUT2D eigenvalue weighted by Crippen LogP contribution is -2.33. The minimum atomic E-state index is -3.57. The van der Waals surface area contributed by atoms with Crippen molar-refractivity contribution in [3.63, 3.8) is 0 Å². The van der Waals surface area contributed by atoms with Gasteiger partial charge in [-0.1, -0.05) is 18.2 Å². The first-order chi connectivity index (χ1) is 15.0. The fourth-order valence-corrected chi connectivity index (χ4v) is 3.99. The summed E-state index contributed by atoms with van der Waals surface area (Å²) in [5, 5.41) is 2.69. The highest BCUT2D eigenvalue weighted by Crippen LogP contribution is 2.29. The third-order valence-corrected chi connectivity index (χ3v) is 6.67. The number of ether oxygens (including phenoxy) is 2. The Morgan fingerprint density at radius 2 is 1.78 bits per heavy atom. The van der Waals surface area contributed by atoms with Gasteiger partial charge < -0.3 is 14.8 Å². The molecule has 0 aromatic heterocycles. The topological polar surface area (TPSA) is 84.9 Å². The van der Waals surface area contributed by atoms with Gasteiger partial charge >= 0.3 is 6.61 Å². The largest absolute Gasteiger partial charge is 0.493 e. The molecule has 10 heteroatoms. The molecule has 1 N–H and O–H groups in total. The Morgan fingerprint density at radius 3 is 2.34 bits per heavy atom. The van der Waals surface area contributed by atoms with Crippen molar-refractivity contribution in [1.29, 1.82) is 0 Å². The number of rotatable bonds is 10. The Kier molecular flexibility index (Phi) is 8.73. The number of amides is 1. The van der Waals surface area contributed by atoms with Crippen molar-refractivity contribution in [2.75, 3.05) is 14.2 Å². The molecule has 0 radical (unpaired) electrons. The van der Waals surface area contributed by atoms with Crippen molar-refractivity contribution in [2.24, 2.45) is 0 Å². The highest BCUT2D eigenvalue weighted by atomic mass is 32.2. The summed E-state index contributed by atoms with van der Waals surface area (Å²) in [4.78, 5) is 12.3. The van der Waals surface area contributed by atoms with Gasteiger partial charge in [-0.05, 0) is 55.3 Å². The van der Waals surface area contributed by atoms with Crippen molar-refractivity contribution >= 4 is 22.0 Å². The summed E-state index contributed by atoms with van der Waals surface area (Å²) in [5.74, 6) is -0.367. The van der Waals surface area contributed by atoms with Gasteiger partial charge in [-0.25, -0.2) is 8.42 Å². The zero-order valence-electron chi connectivity index (χ0n) is 18.2. The Balaban J connectivity index is 1.98. The van der Waals surface area contributed by atoms with Crippen molar-refractivity contribution in [3.8, 4) is 11.5 Å². The molecule has 0 fully saturated rings. The second-order valence-corrected chi connectivity index (χ2v) is 9.10. The molecule has 0 bridgehead atoms. The number of nitrogens with zero attached hydrogens (tertiary/aromatic N) is 1. The van der Waals surface area contributed by atoms with Crippen LogP contribution in [0.1, 0.15) is 25.0 Å². The van der Waals surface area contributed by atoms with Gasteiger partial charge in [0.05, 0.1) is 12.0 Å². The second kappa shape index (κ2) is 11.1. The fraction of sp³-hybridized carbons (Fsp3) is 0.318. The molecule has 0 aliphatic rings. The molecule has 2 aromatic carbocycles. The van der Waals surface area contributed by atoms with E-state index >= 15 is 0 Å². The molecule has 0 heterocycles. The highest BCUT2D eigenvalue weighted by Gasteiger charge is 2.22. The Morgan fingerprint density at radius 1 is 1.12 bits per heavy atom. The maximum atomic E-state index is 12.5. The summed E-state index contributed by atoms with van der Waals surface area (Å²) < 4.78 is 60.4. The predicted molar refractivity (Wildman–Crippen MR) is 117 cm³/mol. The maximum absolute atomic E-state index is 12.5. The van der Waals surface area contributed by atoms with Crippen molar-refractivity contribution < 1.29 is 31.5 Å². The first kappa shape index (κ1) is 25.3. The van der Waals surface area contributed by atoms with E-state index in [1.807, 2.05) is 0 Å². The number of halogens is 2. The monoisotopic (exact) mass is 468 g/mol. The molecule has 0 saturated heterocycles. The lowest BCUT2D eigenvalue weighted by molar-refractivity contribution is -0.116. The van der Waals surface area contributed by atoms with Gasteiger partial charge in [0.1, 0.15) is 0 Å². The van der Waals surface area contributed by atoms with Gasteiger partial charge in [-0.3, -0.25) is 4.79 Å². The summed E-state index contributed by atoms with van der Waals surface area (Å²) in [7, 11) is -0.719. The molecular formula is C22H26F2N2O5S. The zero-order chi connectivity index (χ0) is 23.9. The van der Waals surface area contributed by atoms with Crippen LogP contribution in [0.2, 0.25) is 0 Å². The summed E-state index contributed by atoms with van der Waals surface area (Å²) in [5.41, 5.74) is 1.29. The van der Waals surface area contributed by atoms with E-state index in [2.05, 4.69) is 10.1 Å². The van der Waals surface area contributed by atoms with E-state index in [1.165, 1.54) is 60.9 Å². The number of hydrogen-bond acceptors (Lipinski definition) is 5. The maximum Gasteiger partial charge on any atom is 0.387 e. The van der Waals surface area contributed by atoms with Gasteiger partial charge in [-0.15, -0.1) is 0 Å². The van der Waals surface area contributed by atoms with Crippen LogP contribution in [0.3, 0.4) is 0 Å². The number of sulfonamides is 1. The number of hydrogen-bond donors (Lipinski definition) is 1. The molecule has 7 nitrogen and oxygen atoms in total. The summed E-state index contributed by atoms with van der Waals surface area (Å²) in [6, 6.07) is 10.4. The average molecular weight is 469 g/mol. The minimum absolute atomic E-state index is 0.103. The van der Waals surface area contributed by atoms with Gasteiger partial charge in [0.2, 0.25) is 15.9 Å². The van der Waals surface area contributed by atoms with Crippen LogP contribution in [-0.2, 0) is 21.4 Å². The average Bonchev–Trinajstić information content (AvgIpc) is 2.76. The van der Waals surface area contributed by atoms with E-state index < -0.39 is 16.6 Å². The van der Waals surface area contributed by atoms with Crippen LogP contribution in [0.5, 0.6) is 11.5 Å². The van der Waals surface area contributed by atoms with Gasteiger partial charge in [0, 0.05) is 25.7 Å². The summed E-state index contributed by atoms with van der Waals surface area (Å²) in [6.45, 7) is 0.808. The van der Waals surface area contributed by atoms with Crippen molar-refractivity contribution in [1.82, 2.24) is 9.62 Å². The highest BCUT2D eigenvalue weighted by molar-refractivity contribution is 7.89. The Bertz CT molecular complexity index is 1050. The van der Waals surface area contributed by atoms with Gasteiger partial charge in [0.25, 0.3) is 0 Å². The molecule has 0 aliphatic carbocycles. The summed E-state index contributed by atoms with van der Waals surface area (Å²) in [6.07, 6.45) is 2.79. The van der Waals surface area contributed by atoms with Crippen LogP contribution in [0.4, 0.5) is 8.78 Å². The van der Waals surface area contributed by atoms with E-state index in [0.717, 1.165) is 5.56 Å². The molecular weight excluding hydrogens is 442 g/mol.